The first-order chi connectivity index (χ1) is 14.5. The average Bonchev–Trinajstić information content (AvgIpc) is 3.04. The second-order valence-electron chi connectivity index (χ2n) is 7.17. The minimum atomic E-state index is -0.552. The first kappa shape index (κ1) is 20.2. The number of nitrogens with zero attached hydrogens (tertiary/aromatic N) is 2. The van der Waals surface area contributed by atoms with E-state index in [9.17, 15) is 15.2 Å². The summed E-state index contributed by atoms with van der Waals surface area (Å²) in [6.07, 6.45) is -0.552. The first-order valence-electron chi connectivity index (χ1n) is 9.73. The lowest BCUT2D eigenvalue weighted by Crippen LogP contribution is -2.19. The van der Waals surface area contributed by atoms with Crippen molar-refractivity contribution in [3.8, 4) is 11.1 Å². The Labute approximate surface area is 179 Å². The lowest BCUT2D eigenvalue weighted by Gasteiger charge is -2.15. The lowest BCUT2D eigenvalue weighted by molar-refractivity contribution is -0.384. The molecule has 1 aromatic heterocycles. The van der Waals surface area contributed by atoms with E-state index < -0.39 is 6.10 Å². The Morgan fingerprint density at radius 2 is 1.70 bits per heavy atom. The molecule has 3 aromatic carbocycles. The van der Waals surface area contributed by atoms with Gasteiger partial charge in [0.15, 0.2) is 0 Å². The number of non-ortho nitro benzene ring substituents is 1. The number of hydrogen-bond acceptors (Lipinski definition) is 4. The van der Waals surface area contributed by atoms with Crippen molar-refractivity contribution in [1.82, 2.24) is 4.57 Å². The van der Waals surface area contributed by atoms with Gasteiger partial charge in [0.25, 0.3) is 5.69 Å². The van der Waals surface area contributed by atoms with Crippen molar-refractivity contribution in [2.45, 2.75) is 24.5 Å². The molecule has 6 heteroatoms. The summed E-state index contributed by atoms with van der Waals surface area (Å²) in [5, 5.41) is 22.9. The predicted octanol–water partition coefficient (Wildman–Crippen LogP) is 5.68. The third-order valence-corrected chi connectivity index (χ3v) is 6.32. The molecule has 1 N–H and O–H groups in total. The van der Waals surface area contributed by atoms with Crippen LogP contribution in [0.1, 0.15) is 5.69 Å². The Balaban J connectivity index is 1.70. The van der Waals surface area contributed by atoms with Crippen LogP contribution in [0, 0.1) is 17.0 Å². The summed E-state index contributed by atoms with van der Waals surface area (Å²) in [6.45, 7) is 2.43. The zero-order chi connectivity index (χ0) is 21.1. The highest BCUT2D eigenvalue weighted by atomic mass is 32.2. The topological polar surface area (TPSA) is 68.3 Å². The molecule has 0 amide bonds. The van der Waals surface area contributed by atoms with Crippen LogP contribution in [-0.2, 0) is 6.54 Å². The van der Waals surface area contributed by atoms with E-state index in [1.165, 1.54) is 6.07 Å². The molecule has 0 aliphatic heterocycles. The SMILES string of the molecule is Cc1c(-c2ccccc2)c2cc([N+](=O)[O-])ccc2n1C[C@@H](O)CSc1ccccc1. The molecular formula is C24H22N2O3S. The fourth-order valence-corrected chi connectivity index (χ4v) is 4.60. The van der Waals surface area contributed by atoms with Crippen molar-refractivity contribution in [2.24, 2.45) is 0 Å². The van der Waals surface area contributed by atoms with Gasteiger partial charge in [-0.2, -0.15) is 0 Å². The Hall–Kier alpha value is -3.09. The van der Waals surface area contributed by atoms with Crippen LogP contribution in [0.3, 0.4) is 0 Å². The average molecular weight is 419 g/mol. The number of rotatable bonds is 7. The second-order valence-corrected chi connectivity index (χ2v) is 8.27. The number of aromatic nitrogens is 1. The van der Waals surface area contributed by atoms with Crippen LogP contribution in [0.5, 0.6) is 0 Å². The molecule has 0 saturated heterocycles. The fraction of sp³-hybridized carbons (Fsp3) is 0.167. The van der Waals surface area contributed by atoms with Gasteiger partial charge in [0.1, 0.15) is 0 Å². The Kier molecular flexibility index (Phi) is 5.88. The molecule has 0 bridgehead atoms. The molecule has 4 aromatic rings. The van der Waals surface area contributed by atoms with E-state index in [2.05, 4.69) is 4.57 Å². The van der Waals surface area contributed by atoms with Gasteiger partial charge in [0.2, 0.25) is 0 Å². The molecule has 5 nitrogen and oxygen atoms in total. The number of aliphatic hydroxyl groups is 1. The zero-order valence-corrected chi connectivity index (χ0v) is 17.4. The monoisotopic (exact) mass is 418 g/mol. The highest BCUT2D eigenvalue weighted by Crippen LogP contribution is 2.36. The van der Waals surface area contributed by atoms with Gasteiger partial charge in [0.05, 0.1) is 11.0 Å². The molecule has 1 atom stereocenters. The number of nitro groups is 1. The Bertz CT molecular complexity index is 1170. The number of thioether (sulfide) groups is 1. The summed E-state index contributed by atoms with van der Waals surface area (Å²) in [6, 6.07) is 24.8. The Morgan fingerprint density at radius 1 is 1.03 bits per heavy atom. The molecule has 152 valence electrons. The normalized spacial score (nSPS) is 12.2. The third-order valence-electron chi connectivity index (χ3n) is 5.16. The molecule has 0 spiro atoms. The lowest BCUT2D eigenvalue weighted by atomic mass is 10.0. The number of fused-ring (bicyclic) bond motifs is 1. The van der Waals surface area contributed by atoms with Gasteiger partial charge in [-0.15, -0.1) is 11.8 Å². The number of hydrogen-bond donors (Lipinski definition) is 1. The van der Waals surface area contributed by atoms with Crippen molar-refractivity contribution >= 4 is 28.4 Å². The van der Waals surface area contributed by atoms with Crippen LogP contribution in [0.25, 0.3) is 22.0 Å². The van der Waals surface area contributed by atoms with Crippen LogP contribution < -0.4 is 0 Å². The highest BCUT2D eigenvalue weighted by Gasteiger charge is 2.20. The van der Waals surface area contributed by atoms with Crippen molar-refractivity contribution in [3.05, 3.63) is 94.7 Å². The minimum Gasteiger partial charge on any atom is -0.390 e. The van der Waals surface area contributed by atoms with Gasteiger partial charge < -0.3 is 9.67 Å². The van der Waals surface area contributed by atoms with Crippen LogP contribution in [0.4, 0.5) is 5.69 Å². The summed E-state index contributed by atoms with van der Waals surface area (Å²) in [4.78, 5) is 12.1. The Morgan fingerprint density at radius 3 is 2.37 bits per heavy atom. The van der Waals surface area contributed by atoms with Gasteiger partial charge in [-0.3, -0.25) is 10.1 Å². The maximum absolute atomic E-state index is 11.3. The summed E-state index contributed by atoms with van der Waals surface area (Å²) >= 11 is 1.62. The van der Waals surface area contributed by atoms with E-state index in [1.807, 2.05) is 67.6 Å². The number of benzene rings is 3. The van der Waals surface area contributed by atoms with Crippen molar-refractivity contribution in [1.29, 1.82) is 0 Å². The summed E-state index contributed by atoms with van der Waals surface area (Å²) in [7, 11) is 0. The molecule has 0 radical (unpaired) electrons. The molecule has 0 unspecified atom stereocenters. The van der Waals surface area contributed by atoms with Gasteiger partial charge >= 0.3 is 0 Å². The van der Waals surface area contributed by atoms with Crippen molar-refractivity contribution < 1.29 is 10.0 Å². The van der Waals surface area contributed by atoms with E-state index in [0.29, 0.717) is 12.3 Å². The molecular weight excluding hydrogens is 396 g/mol. The molecule has 30 heavy (non-hydrogen) atoms. The van der Waals surface area contributed by atoms with Gasteiger partial charge in [0, 0.05) is 51.5 Å². The number of nitro benzene ring substituents is 1. The summed E-state index contributed by atoms with van der Waals surface area (Å²) in [5.74, 6) is 0.566. The molecule has 1 heterocycles. The maximum atomic E-state index is 11.3. The van der Waals surface area contributed by atoms with Crippen LogP contribution >= 0.6 is 11.8 Å². The molecule has 4 rings (SSSR count). The molecule has 0 fully saturated rings. The van der Waals surface area contributed by atoms with Crippen LogP contribution in [0.2, 0.25) is 0 Å². The van der Waals surface area contributed by atoms with Crippen molar-refractivity contribution in [2.75, 3.05) is 5.75 Å². The fourth-order valence-electron chi connectivity index (χ4n) is 3.76. The predicted molar refractivity (Wildman–Crippen MR) is 122 cm³/mol. The third kappa shape index (κ3) is 4.10. The smallest absolute Gasteiger partial charge is 0.270 e. The van der Waals surface area contributed by atoms with Gasteiger partial charge in [-0.05, 0) is 30.7 Å². The van der Waals surface area contributed by atoms with Crippen molar-refractivity contribution in [3.63, 3.8) is 0 Å². The first-order valence-corrected chi connectivity index (χ1v) is 10.7. The van der Waals surface area contributed by atoms with Gasteiger partial charge in [-0.1, -0.05) is 48.5 Å². The maximum Gasteiger partial charge on any atom is 0.270 e. The summed E-state index contributed by atoms with van der Waals surface area (Å²) in [5.41, 5.74) is 3.92. The minimum absolute atomic E-state index is 0.0667. The van der Waals surface area contributed by atoms with Crippen LogP contribution in [0.15, 0.2) is 83.8 Å². The highest BCUT2D eigenvalue weighted by molar-refractivity contribution is 7.99. The molecule has 0 aliphatic rings. The van der Waals surface area contributed by atoms with E-state index >= 15 is 0 Å². The van der Waals surface area contributed by atoms with E-state index in [1.54, 1.807) is 23.9 Å². The number of aliphatic hydroxyl groups excluding tert-OH is 1. The standard InChI is InChI=1S/C24H22N2O3S/c1-17-24(18-8-4-2-5-9-18)22-14-19(26(28)29)12-13-23(22)25(17)15-20(27)16-30-21-10-6-3-7-11-21/h2-14,20,27H,15-16H2,1H3/t20-/m1/s1. The van der Waals surface area contributed by atoms with E-state index in [-0.39, 0.29) is 10.6 Å². The molecule has 0 saturated carbocycles. The van der Waals surface area contributed by atoms with E-state index in [4.69, 9.17) is 0 Å². The van der Waals surface area contributed by atoms with E-state index in [0.717, 1.165) is 32.6 Å². The van der Waals surface area contributed by atoms with Gasteiger partial charge in [-0.25, -0.2) is 0 Å². The molecule has 0 aliphatic carbocycles. The largest absolute Gasteiger partial charge is 0.390 e. The zero-order valence-electron chi connectivity index (χ0n) is 16.6. The quantitative estimate of drug-likeness (QED) is 0.238. The van der Waals surface area contributed by atoms with Crippen LogP contribution in [-0.4, -0.2) is 26.5 Å². The summed E-state index contributed by atoms with van der Waals surface area (Å²) < 4.78 is 2.07. The second kappa shape index (κ2) is 8.73.